The molecule has 7 heteroatoms. The molecule has 6 nitrogen and oxygen atoms in total. The van der Waals surface area contributed by atoms with Crippen molar-refractivity contribution < 1.29 is 14.6 Å². The number of aliphatic imine (C=N–C) groups is 1. The molecule has 0 amide bonds. The molecule has 2 aromatic carbocycles. The van der Waals surface area contributed by atoms with Crippen molar-refractivity contribution >= 4 is 29.9 Å². The first kappa shape index (κ1) is 23.9. The van der Waals surface area contributed by atoms with Crippen molar-refractivity contribution in [3.05, 3.63) is 53.6 Å². The van der Waals surface area contributed by atoms with Crippen LogP contribution >= 0.6 is 24.0 Å². The number of aryl methyl sites for hydroxylation is 1. The molecule has 154 valence electrons. The predicted molar refractivity (Wildman–Crippen MR) is 124 cm³/mol. The van der Waals surface area contributed by atoms with Gasteiger partial charge in [-0.2, -0.15) is 0 Å². The smallest absolute Gasteiger partial charge is 0.191 e. The van der Waals surface area contributed by atoms with Crippen molar-refractivity contribution in [2.45, 2.75) is 33.4 Å². The van der Waals surface area contributed by atoms with Crippen LogP contribution in [0.25, 0.3) is 0 Å². The summed E-state index contributed by atoms with van der Waals surface area (Å²) in [7, 11) is 1.53. The number of guanidine groups is 1. The lowest BCUT2D eigenvalue weighted by Gasteiger charge is -2.19. The van der Waals surface area contributed by atoms with E-state index in [0.29, 0.717) is 30.4 Å². The van der Waals surface area contributed by atoms with E-state index in [1.807, 2.05) is 57.2 Å². The van der Waals surface area contributed by atoms with Crippen molar-refractivity contribution in [3.63, 3.8) is 0 Å². The number of methoxy groups -OCH3 is 1. The van der Waals surface area contributed by atoms with Crippen LogP contribution in [0.3, 0.4) is 0 Å². The SMILES string of the molecule is CCNC(=NCc1cccc(OC)c1O)NCC(C)Oc1ccccc1C.I. The molecule has 2 aromatic rings. The van der Waals surface area contributed by atoms with Gasteiger partial charge in [-0.1, -0.05) is 30.3 Å². The van der Waals surface area contributed by atoms with Gasteiger partial charge < -0.3 is 25.2 Å². The second kappa shape index (κ2) is 12.3. The van der Waals surface area contributed by atoms with E-state index in [1.54, 1.807) is 6.07 Å². The number of ether oxygens (including phenoxy) is 2. The molecule has 0 aliphatic heterocycles. The normalized spacial score (nSPS) is 11.9. The molecule has 0 spiro atoms. The summed E-state index contributed by atoms with van der Waals surface area (Å²) in [6.07, 6.45) is -0.0276. The summed E-state index contributed by atoms with van der Waals surface area (Å²) in [5.74, 6) is 2.12. The lowest BCUT2D eigenvalue weighted by Crippen LogP contribution is -2.41. The Balaban J connectivity index is 0.00000392. The number of phenolic OH excluding ortho intramolecular Hbond substituents is 1. The Labute approximate surface area is 184 Å². The number of nitrogens with one attached hydrogen (secondary N) is 2. The Hall–Kier alpha value is -2.16. The van der Waals surface area contributed by atoms with Gasteiger partial charge in [0.15, 0.2) is 17.5 Å². The zero-order valence-electron chi connectivity index (χ0n) is 16.9. The van der Waals surface area contributed by atoms with Crippen molar-refractivity contribution in [2.24, 2.45) is 4.99 Å². The molecule has 0 heterocycles. The number of hydrogen-bond donors (Lipinski definition) is 3. The second-order valence-electron chi connectivity index (χ2n) is 6.24. The number of hydrogen-bond acceptors (Lipinski definition) is 4. The summed E-state index contributed by atoms with van der Waals surface area (Å²) in [5.41, 5.74) is 1.81. The maximum absolute atomic E-state index is 10.2. The molecule has 0 aliphatic carbocycles. The lowest BCUT2D eigenvalue weighted by molar-refractivity contribution is 0.222. The van der Waals surface area contributed by atoms with E-state index in [-0.39, 0.29) is 35.8 Å². The van der Waals surface area contributed by atoms with Crippen LogP contribution in [0.2, 0.25) is 0 Å². The topological polar surface area (TPSA) is 75.1 Å². The maximum atomic E-state index is 10.2. The van der Waals surface area contributed by atoms with E-state index in [2.05, 4.69) is 15.6 Å². The molecule has 0 fully saturated rings. The minimum atomic E-state index is -0.0276. The molecular formula is C21H30IN3O3. The molecule has 0 saturated carbocycles. The fraction of sp³-hybridized carbons (Fsp3) is 0.381. The molecule has 3 N–H and O–H groups in total. The van der Waals surface area contributed by atoms with Crippen molar-refractivity contribution in [3.8, 4) is 17.2 Å². The fourth-order valence-electron chi connectivity index (χ4n) is 2.55. The molecule has 0 saturated heterocycles. The monoisotopic (exact) mass is 499 g/mol. The maximum Gasteiger partial charge on any atom is 0.191 e. The Kier molecular flexibility index (Phi) is 10.5. The number of halogens is 1. The largest absolute Gasteiger partial charge is 0.504 e. The highest BCUT2D eigenvalue weighted by atomic mass is 127. The van der Waals surface area contributed by atoms with Gasteiger partial charge in [-0.3, -0.25) is 0 Å². The molecule has 0 radical (unpaired) electrons. The molecular weight excluding hydrogens is 469 g/mol. The van der Waals surface area contributed by atoms with Crippen LogP contribution in [0.4, 0.5) is 0 Å². The minimum Gasteiger partial charge on any atom is -0.504 e. The first-order valence-electron chi connectivity index (χ1n) is 9.14. The zero-order valence-corrected chi connectivity index (χ0v) is 19.2. The quantitative estimate of drug-likeness (QED) is 0.292. The van der Waals surface area contributed by atoms with Crippen LogP contribution in [-0.4, -0.2) is 37.4 Å². The third-order valence-electron chi connectivity index (χ3n) is 4.03. The summed E-state index contributed by atoms with van der Waals surface area (Å²) in [4.78, 5) is 4.54. The molecule has 1 atom stereocenters. The third kappa shape index (κ3) is 7.10. The van der Waals surface area contributed by atoms with Gasteiger partial charge in [0.2, 0.25) is 0 Å². The van der Waals surface area contributed by atoms with E-state index in [0.717, 1.165) is 17.9 Å². The Morgan fingerprint density at radius 2 is 1.82 bits per heavy atom. The average Bonchev–Trinajstić information content (AvgIpc) is 2.67. The van der Waals surface area contributed by atoms with E-state index in [4.69, 9.17) is 9.47 Å². The van der Waals surface area contributed by atoms with Gasteiger partial charge in [0.25, 0.3) is 0 Å². The van der Waals surface area contributed by atoms with E-state index >= 15 is 0 Å². The molecule has 0 bridgehead atoms. The lowest BCUT2D eigenvalue weighted by atomic mass is 10.2. The first-order chi connectivity index (χ1) is 13.0. The van der Waals surface area contributed by atoms with Crippen LogP contribution in [0.1, 0.15) is 25.0 Å². The Morgan fingerprint density at radius 3 is 2.50 bits per heavy atom. The van der Waals surface area contributed by atoms with Gasteiger partial charge in [-0.05, 0) is 38.5 Å². The summed E-state index contributed by atoms with van der Waals surface area (Å²) in [6.45, 7) is 7.73. The van der Waals surface area contributed by atoms with Gasteiger partial charge in [0, 0.05) is 12.1 Å². The average molecular weight is 499 g/mol. The van der Waals surface area contributed by atoms with Gasteiger partial charge in [0.05, 0.1) is 20.2 Å². The van der Waals surface area contributed by atoms with E-state index in [1.165, 1.54) is 7.11 Å². The standard InChI is InChI=1S/C21H29N3O3.HI/c1-5-22-21(24-14-17-10-8-12-19(26-4)20(17)25)23-13-16(3)27-18-11-7-6-9-15(18)2;/h6-12,16,25H,5,13-14H2,1-4H3,(H2,22,23,24);1H. The summed E-state index contributed by atoms with van der Waals surface area (Å²) in [6, 6.07) is 13.3. The number of benzene rings is 2. The van der Waals surface area contributed by atoms with E-state index < -0.39 is 0 Å². The number of nitrogens with zero attached hydrogens (tertiary/aromatic N) is 1. The highest BCUT2D eigenvalue weighted by molar-refractivity contribution is 14.0. The van der Waals surface area contributed by atoms with Crippen LogP contribution in [0, 0.1) is 6.92 Å². The summed E-state index contributed by atoms with van der Waals surface area (Å²) in [5, 5.41) is 16.7. The summed E-state index contributed by atoms with van der Waals surface area (Å²) < 4.78 is 11.1. The van der Waals surface area contributed by atoms with Crippen LogP contribution in [0.15, 0.2) is 47.5 Å². The second-order valence-corrected chi connectivity index (χ2v) is 6.24. The number of phenols is 1. The van der Waals surface area contributed by atoms with Gasteiger partial charge in [0.1, 0.15) is 11.9 Å². The van der Waals surface area contributed by atoms with Crippen LogP contribution in [-0.2, 0) is 6.54 Å². The first-order valence-corrected chi connectivity index (χ1v) is 9.14. The van der Waals surface area contributed by atoms with Crippen molar-refractivity contribution in [1.82, 2.24) is 10.6 Å². The zero-order chi connectivity index (χ0) is 19.6. The Bertz CT molecular complexity index is 768. The fourth-order valence-corrected chi connectivity index (χ4v) is 2.55. The van der Waals surface area contributed by atoms with Gasteiger partial charge in [-0.25, -0.2) is 4.99 Å². The van der Waals surface area contributed by atoms with Crippen LogP contribution < -0.4 is 20.1 Å². The molecule has 0 aliphatic rings. The number of para-hydroxylation sites is 2. The van der Waals surface area contributed by atoms with E-state index in [9.17, 15) is 5.11 Å². The molecule has 2 rings (SSSR count). The van der Waals surface area contributed by atoms with Gasteiger partial charge >= 0.3 is 0 Å². The van der Waals surface area contributed by atoms with Gasteiger partial charge in [-0.15, -0.1) is 24.0 Å². The highest BCUT2D eigenvalue weighted by Crippen LogP contribution is 2.29. The minimum absolute atomic E-state index is 0. The Morgan fingerprint density at radius 1 is 1.11 bits per heavy atom. The third-order valence-corrected chi connectivity index (χ3v) is 4.03. The summed E-state index contributed by atoms with van der Waals surface area (Å²) >= 11 is 0. The van der Waals surface area contributed by atoms with Crippen molar-refractivity contribution in [1.29, 1.82) is 0 Å². The van der Waals surface area contributed by atoms with Crippen LogP contribution in [0.5, 0.6) is 17.2 Å². The number of aromatic hydroxyl groups is 1. The molecule has 28 heavy (non-hydrogen) atoms. The number of rotatable bonds is 8. The predicted octanol–water partition coefficient (Wildman–Crippen LogP) is 3.85. The molecule has 1 unspecified atom stereocenters. The van der Waals surface area contributed by atoms with Crippen molar-refractivity contribution in [2.75, 3.05) is 20.2 Å². The highest BCUT2D eigenvalue weighted by Gasteiger charge is 2.09. The molecule has 0 aromatic heterocycles.